The van der Waals surface area contributed by atoms with Crippen LogP contribution >= 0.6 is 0 Å². The van der Waals surface area contributed by atoms with Crippen LogP contribution in [0, 0.1) is 0 Å². The second-order valence-electron chi connectivity index (χ2n) is 6.70. The third-order valence-corrected chi connectivity index (χ3v) is 4.13. The van der Waals surface area contributed by atoms with E-state index in [-0.39, 0.29) is 6.42 Å². The fourth-order valence-electron chi connectivity index (χ4n) is 2.57. The lowest BCUT2D eigenvalue weighted by atomic mass is 10.1. The molecule has 0 rings (SSSR count). The van der Waals surface area contributed by atoms with Gasteiger partial charge in [-0.2, -0.15) is 0 Å². The Kier molecular flexibility index (Phi) is 17.4. The number of hydrogen-bond donors (Lipinski definition) is 1. The summed E-state index contributed by atoms with van der Waals surface area (Å²) in [7, 11) is 1.13. The first kappa shape index (κ1) is 26.6. The Morgan fingerprint density at radius 3 is 2.07 bits per heavy atom. The lowest BCUT2D eigenvalue weighted by Gasteiger charge is -2.13. The van der Waals surface area contributed by atoms with Crippen molar-refractivity contribution in [3.8, 4) is 0 Å². The number of esters is 2. The van der Waals surface area contributed by atoms with Gasteiger partial charge in [0.2, 0.25) is 6.10 Å². The van der Waals surface area contributed by atoms with Crippen molar-refractivity contribution in [2.75, 3.05) is 7.11 Å². The Morgan fingerprint density at radius 2 is 1.45 bits per heavy atom. The number of ether oxygens (including phenoxy) is 2. The summed E-state index contributed by atoms with van der Waals surface area (Å²) in [5.74, 6) is -2.64. The molecule has 0 aromatic rings. The number of carbonyl (C=O) groups excluding carboxylic acids is 2. The third-order valence-electron chi connectivity index (χ3n) is 4.13. The van der Waals surface area contributed by atoms with Crippen LogP contribution in [0.25, 0.3) is 0 Å². The molecule has 1 N–H and O–H groups in total. The molecule has 0 aromatic heterocycles. The van der Waals surface area contributed by atoms with Crippen LogP contribution in [0.3, 0.4) is 0 Å². The van der Waals surface area contributed by atoms with Crippen LogP contribution in [-0.2, 0) is 23.9 Å². The van der Waals surface area contributed by atoms with Gasteiger partial charge in [-0.1, -0.05) is 62.6 Å². The normalized spacial score (nSPS) is 12.6. The van der Waals surface area contributed by atoms with Crippen molar-refractivity contribution in [2.45, 2.75) is 83.7 Å². The number of hydrogen-bond acceptors (Lipinski definition) is 5. The van der Waals surface area contributed by atoms with E-state index in [9.17, 15) is 14.4 Å². The van der Waals surface area contributed by atoms with Crippen molar-refractivity contribution in [2.24, 2.45) is 0 Å². The van der Waals surface area contributed by atoms with Gasteiger partial charge in [0, 0.05) is 6.42 Å². The van der Waals surface area contributed by atoms with Crippen LogP contribution in [-0.4, -0.2) is 36.2 Å². The fourth-order valence-corrected chi connectivity index (χ4v) is 2.57. The lowest BCUT2D eigenvalue weighted by molar-refractivity contribution is -0.169. The minimum Gasteiger partial charge on any atom is -0.481 e. The Labute approximate surface area is 174 Å². The van der Waals surface area contributed by atoms with Gasteiger partial charge in [0.25, 0.3) is 0 Å². The molecule has 0 bridgehead atoms. The SMILES string of the molecule is CC/C=C\C/C=C\C/C=C\CCCCCCCC(=O)O[C@H](CC(=O)O)C(=O)OC. The summed E-state index contributed by atoms with van der Waals surface area (Å²) in [6, 6.07) is 0. The van der Waals surface area contributed by atoms with E-state index in [4.69, 9.17) is 9.84 Å². The maximum atomic E-state index is 11.7. The smallest absolute Gasteiger partial charge is 0.347 e. The van der Waals surface area contributed by atoms with Gasteiger partial charge in [-0.3, -0.25) is 9.59 Å². The first-order chi connectivity index (χ1) is 14.0. The molecule has 0 aliphatic heterocycles. The number of allylic oxidation sites excluding steroid dienone is 6. The zero-order chi connectivity index (χ0) is 21.7. The van der Waals surface area contributed by atoms with Crippen LogP contribution in [0.4, 0.5) is 0 Å². The molecule has 1 atom stereocenters. The van der Waals surface area contributed by atoms with E-state index in [0.29, 0.717) is 6.42 Å². The van der Waals surface area contributed by atoms with Crippen molar-refractivity contribution < 1.29 is 29.0 Å². The van der Waals surface area contributed by atoms with Crippen molar-refractivity contribution in [1.82, 2.24) is 0 Å². The summed E-state index contributed by atoms with van der Waals surface area (Å²) >= 11 is 0. The minimum absolute atomic E-state index is 0.173. The predicted molar refractivity (Wildman–Crippen MR) is 113 cm³/mol. The molecule has 0 spiro atoms. The van der Waals surface area contributed by atoms with E-state index in [2.05, 4.69) is 48.1 Å². The average Bonchev–Trinajstić information content (AvgIpc) is 2.69. The lowest BCUT2D eigenvalue weighted by Crippen LogP contribution is -2.30. The minimum atomic E-state index is -1.38. The highest BCUT2D eigenvalue weighted by atomic mass is 16.6. The predicted octanol–water partition coefficient (Wildman–Crippen LogP) is 5.14. The summed E-state index contributed by atoms with van der Waals surface area (Å²) in [6.45, 7) is 2.13. The summed E-state index contributed by atoms with van der Waals surface area (Å²) in [4.78, 5) is 33.9. The summed E-state index contributed by atoms with van der Waals surface area (Å²) in [5, 5.41) is 8.75. The van der Waals surface area contributed by atoms with Gasteiger partial charge in [-0.05, 0) is 38.5 Å². The monoisotopic (exact) mass is 408 g/mol. The Morgan fingerprint density at radius 1 is 0.862 bits per heavy atom. The van der Waals surface area contributed by atoms with Gasteiger partial charge in [-0.15, -0.1) is 0 Å². The third kappa shape index (κ3) is 17.5. The molecule has 29 heavy (non-hydrogen) atoms. The highest BCUT2D eigenvalue weighted by molar-refractivity contribution is 5.83. The molecular weight excluding hydrogens is 372 g/mol. The highest BCUT2D eigenvalue weighted by Gasteiger charge is 2.26. The fraction of sp³-hybridized carbons (Fsp3) is 0.609. The standard InChI is InChI=1S/C23H36O6/c1-3-4-5-6-7-8-9-10-11-12-13-14-15-16-17-18-22(26)29-20(19-21(24)25)23(27)28-2/h4-5,7-8,10-11,20H,3,6,9,12-19H2,1-2H3,(H,24,25)/b5-4-,8-7-,11-10-/t20-/m1/s1. The molecule has 0 amide bonds. The number of rotatable bonds is 17. The van der Waals surface area contributed by atoms with Gasteiger partial charge in [-0.25, -0.2) is 4.79 Å². The molecular formula is C23H36O6. The van der Waals surface area contributed by atoms with Crippen molar-refractivity contribution in [3.63, 3.8) is 0 Å². The average molecular weight is 409 g/mol. The zero-order valence-corrected chi connectivity index (χ0v) is 17.8. The number of carboxylic acids is 1. The maximum Gasteiger partial charge on any atom is 0.347 e. The molecule has 0 aromatic carbocycles. The highest BCUT2D eigenvalue weighted by Crippen LogP contribution is 2.10. The van der Waals surface area contributed by atoms with Gasteiger partial charge < -0.3 is 14.6 Å². The largest absolute Gasteiger partial charge is 0.481 e. The molecule has 0 heterocycles. The van der Waals surface area contributed by atoms with Crippen LogP contribution < -0.4 is 0 Å². The molecule has 0 saturated heterocycles. The van der Waals surface area contributed by atoms with Crippen LogP contribution in [0.1, 0.15) is 77.6 Å². The van der Waals surface area contributed by atoms with E-state index in [1.54, 1.807) is 0 Å². The van der Waals surface area contributed by atoms with Gasteiger partial charge in [0.05, 0.1) is 13.5 Å². The van der Waals surface area contributed by atoms with Crippen molar-refractivity contribution in [1.29, 1.82) is 0 Å². The van der Waals surface area contributed by atoms with E-state index >= 15 is 0 Å². The van der Waals surface area contributed by atoms with Crippen molar-refractivity contribution >= 4 is 17.9 Å². The number of unbranched alkanes of at least 4 members (excludes halogenated alkanes) is 5. The number of carboxylic acid groups (broad SMARTS) is 1. The Hall–Kier alpha value is -2.37. The summed E-state index contributed by atoms with van der Waals surface area (Å²) in [6.07, 6.45) is 20.2. The maximum absolute atomic E-state index is 11.7. The van der Waals surface area contributed by atoms with Gasteiger partial charge in [0.15, 0.2) is 0 Å². The second kappa shape index (κ2) is 19.0. The number of methoxy groups -OCH3 is 1. The van der Waals surface area contributed by atoms with E-state index in [1.807, 2.05) is 0 Å². The number of aliphatic carboxylic acids is 1. The molecule has 0 unspecified atom stereocenters. The zero-order valence-electron chi connectivity index (χ0n) is 17.8. The molecule has 0 aliphatic rings. The van der Waals surface area contributed by atoms with Crippen LogP contribution in [0.5, 0.6) is 0 Å². The first-order valence-electron chi connectivity index (χ1n) is 10.4. The van der Waals surface area contributed by atoms with Crippen molar-refractivity contribution in [3.05, 3.63) is 36.5 Å². The Balaban J connectivity index is 3.69. The molecule has 6 nitrogen and oxygen atoms in total. The molecule has 0 fully saturated rings. The molecule has 0 aliphatic carbocycles. The molecule has 0 saturated carbocycles. The van der Waals surface area contributed by atoms with E-state index in [0.717, 1.165) is 58.5 Å². The quantitative estimate of drug-likeness (QED) is 0.204. The van der Waals surface area contributed by atoms with Crippen LogP contribution in [0.2, 0.25) is 0 Å². The first-order valence-corrected chi connectivity index (χ1v) is 10.4. The number of carbonyl (C=O) groups is 3. The van der Waals surface area contributed by atoms with Gasteiger partial charge in [0.1, 0.15) is 0 Å². The molecule has 164 valence electrons. The Bertz CT molecular complexity index is 548. The van der Waals surface area contributed by atoms with E-state index in [1.165, 1.54) is 0 Å². The topological polar surface area (TPSA) is 89.9 Å². The molecule has 6 heteroatoms. The second-order valence-corrected chi connectivity index (χ2v) is 6.70. The molecule has 0 radical (unpaired) electrons. The summed E-state index contributed by atoms with van der Waals surface area (Å²) < 4.78 is 9.37. The van der Waals surface area contributed by atoms with Gasteiger partial charge >= 0.3 is 17.9 Å². The van der Waals surface area contributed by atoms with Crippen LogP contribution in [0.15, 0.2) is 36.5 Å². The summed E-state index contributed by atoms with van der Waals surface area (Å²) in [5.41, 5.74) is 0. The van der Waals surface area contributed by atoms with E-state index < -0.39 is 30.4 Å².